The molecule has 12 aromatic rings. The van der Waals surface area contributed by atoms with E-state index >= 15 is 0 Å². The van der Waals surface area contributed by atoms with Crippen molar-refractivity contribution in [2.45, 2.75) is 0 Å². The highest BCUT2D eigenvalue weighted by Crippen LogP contribution is 2.41. The van der Waals surface area contributed by atoms with E-state index < -0.39 is 0 Å². The molecule has 0 radical (unpaired) electrons. The minimum absolute atomic E-state index is 0.549. The van der Waals surface area contributed by atoms with Crippen molar-refractivity contribution in [3.63, 3.8) is 0 Å². The lowest BCUT2D eigenvalue weighted by molar-refractivity contribution is 0.668. The van der Waals surface area contributed by atoms with E-state index in [0.717, 1.165) is 93.6 Å². The number of hydrogen-bond acceptors (Lipinski definition) is 6. The third-order valence-electron chi connectivity index (χ3n) is 10.8. The molecule has 0 atom stereocenters. The molecule has 0 N–H and O–H groups in total. The maximum Gasteiger partial charge on any atom is 0.164 e. The lowest BCUT2D eigenvalue weighted by atomic mass is 9.97. The van der Waals surface area contributed by atoms with Crippen LogP contribution in [0.3, 0.4) is 0 Å². The number of rotatable bonds is 4. The van der Waals surface area contributed by atoms with E-state index in [1.165, 1.54) is 10.8 Å². The molecule has 12 rings (SSSR count). The first kappa shape index (κ1) is 29.9. The first-order chi connectivity index (χ1) is 27.2. The third kappa shape index (κ3) is 4.58. The van der Waals surface area contributed by atoms with E-state index in [2.05, 4.69) is 91.0 Å². The Hall–Kier alpha value is -7.57. The van der Waals surface area contributed by atoms with E-state index in [9.17, 15) is 0 Å². The lowest BCUT2D eigenvalue weighted by Gasteiger charge is -2.10. The van der Waals surface area contributed by atoms with Crippen molar-refractivity contribution in [2.75, 3.05) is 0 Å². The van der Waals surface area contributed by atoms with Gasteiger partial charge in [-0.2, -0.15) is 0 Å². The van der Waals surface area contributed by atoms with Crippen LogP contribution in [-0.4, -0.2) is 15.0 Å². The number of aromatic nitrogens is 3. The molecule has 4 heterocycles. The smallest absolute Gasteiger partial charge is 0.164 e. The largest absolute Gasteiger partial charge is 0.456 e. The Morgan fingerprint density at radius 2 is 0.800 bits per heavy atom. The second-order valence-electron chi connectivity index (χ2n) is 13.9. The Morgan fingerprint density at radius 1 is 0.291 bits per heavy atom. The van der Waals surface area contributed by atoms with Gasteiger partial charge < -0.3 is 13.3 Å². The van der Waals surface area contributed by atoms with Crippen LogP contribution in [0.4, 0.5) is 0 Å². The molecule has 256 valence electrons. The van der Waals surface area contributed by atoms with Crippen LogP contribution in [0.2, 0.25) is 0 Å². The van der Waals surface area contributed by atoms with Gasteiger partial charge in [0.1, 0.15) is 33.5 Å². The number of furan rings is 3. The molecule has 0 unspecified atom stereocenters. The summed E-state index contributed by atoms with van der Waals surface area (Å²) in [6.07, 6.45) is 0. The lowest BCUT2D eigenvalue weighted by Crippen LogP contribution is -2.00. The molecule has 0 aliphatic carbocycles. The van der Waals surface area contributed by atoms with Crippen molar-refractivity contribution in [3.05, 3.63) is 164 Å². The topological polar surface area (TPSA) is 78.1 Å². The molecule has 8 aromatic carbocycles. The minimum Gasteiger partial charge on any atom is -0.456 e. The van der Waals surface area contributed by atoms with Gasteiger partial charge in [-0.25, -0.2) is 15.0 Å². The zero-order valence-electron chi connectivity index (χ0n) is 29.2. The molecular formula is C49H27N3O3. The van der Waals surface area contributed by atoms with Crippen LogP contribution in [0.5, 0.6) is 0 Å². The maximum absolute atomic E-state index is 6.60. The zero-order chi connectivity index (χ0) is 36.0. The van der Waals surface area contributed by atoms with Crippen LogP contribution in [0.25, 0.3) is 122 Å². The summed E-state index contributed by atoms with van der Waals surface area (Å²) in [5.41, 5.74) is 9.65. The van der Waals surface area contributed by atoms with Gasteiger partial charge in [-0.1, -0.05) is 109 Å². The highest BCUT2D eigenvalue weighted by Gasteiger charge is 2.21. The van der Waals surface area contributed by atoms with E-state index in [1.54, 1.807) is 0 Å². The summed E-state index contributed by atoms with van der Waals surface area (Å²) in [7, 11) is 0. The van der Waals surface area contributed by atoms with Gasteiger partial charge in [0.25, 0.3) is 0 Å². The van der Waals surface area contributed by atoms with Crippen molar-refractivity contribution in [2.24, 2.45) is 0 Å². The SMILES string of the molecule is c1ccc2c(-c3ccc4c(c3)oc3cccc(-c5nc(-c6ccc7oc8ccccc8c7c6)nc(-c6cccc7oc8ccccc8c67)n5)c34)cccc2c1. The molecule has 4 aromatic heterocycles. The van der Waals surface area contributed by atoms with Crippen molar-refractivity contribution in [3.8, 4) is 45.3 Å². The highest BCUT2D eigenvalue weighted by atomic mass is 16.3. The molecule has 0 aliphatic rings. The fourth-order valence-electron chi connectivity index (χ4n) is 8.23. The van der Waals surface area contributed by atoms with E-state index in [1.807, 2.05) is 72.8 Å². The molecule has 0 spiro atoms. The minimum atomic E-state index is 0.549. The summed E-state index contributed by atoms with van der Waals surface area (Å²) in [6, 6.07) is 55.8. The van der Waals surface area contributed by atoms with Gasteiger partial charge >= 0.3 is 0 Å². The van der Waals surface area contributed by atoms with Crippen LogP contribution in [-0.2, 0) is 0 Å². The number of fused-ring (bicyclic) bond motifs is 10. The second-order valence-corrected chi connectivity index (χ2v) is 13.9. The van der Waals surface area contributed by atoms with Gasteiger partial charge in [-0.15, -0.1) is 0 Å². The van der Waals surface area contributed by atoms with Crippen molar-refractivity contribution < 1.29 is 13.3 Å². The first-order valence-corrected chi connectivity index (χ1v) is 18.3. The van der Waals surface area contributed by atoms with Crippen molar-refractivity contribution in [1.29, 1.82) is 0 Å². The summed E-state index contributed by atoms with van der Waals surface area (Å²) in [4.78, 5) is 15.7. The van der Waals surface area contributed by atoms with Gasteiger partial charge in [0.2, 0.25) is 0 Å². The molecule has 6 nitrogen and oxygen atoms in total. The number of hydrogen-bond donors (Lipinski definition) is 0. The summed E-state index contributed by atoms with van der Waals surface area (Å²) in [5.74, 6) is 1.66. The third-order valence-corrected chi connectivity index (χ3v) is 10.8. The summed E-state index contributed by atoms with van der Waals surface area (Å²) in [6.45, 7) is 0. The first-order valence-electron chi connectivity index (χ1n) is 18.3. The van der Waals surface area contributed by atoms with Crippen LogP contribution in [0, 0.1) is 0 Å². The maximum atomic E-state index is 6.60. The van der Waals surface area contributed by atoms with Crippen molar-refractivity contribution >= 4 is 76.6 Å². The Morgan fingerprint density at radius 3 is 1.58 bits per heavy atom. The van der Waals surface area contributed by atoms with Crippen LogP contribution in [0.1, 0.15) is 0 Å². The number of nitrogens with zero attached hydrogens (tertiary/aromatic N) is 3. The molecular weight excluding hydrogens is 679 g/mol. The Labute approximate surface area is 312 Å². The molecule has 0 fully saturated rings. The average Bonchev–Trinajstić information content (AvgIpc) is 3.94. The van der Waals surface area contributed by atoms with Gasteiger partial charge in [0, 0.05) is 49.0 Å². The van der Waals surface area contributed by atoms with Gasteiger partial charge in [0.05, 0.1) is 0 Å². The summed E-state index contributed by atoms with van der Waals surface area (Å²) >= 11 is 0. The quantitative estimate of drug-likeness (QED) is 0.181. The zero-order valence-corrected chi connectivity index (χ0v) is 29.2. The normalized spacial score (nSPS) is 12.0. The van der Waals surface area contributed by atoms with E-state index in [0.29, 0.717) is 17.5 Å². The molecule has 0 saturated heterocycles. The van der Waals surface area contributed by atoms with Crippen molar-refractivity contribution in [1.82, 2.24) is 15.0 Å². The monoisotopic (exact) mass is 705 g/mol. The summed E-state index contributed by atoms with van der Waals surface area (Å²) in [5, 5.41) is 8.37. The van der Waals surface area contributed by atoms with Crippen LogP contribution < -0.4 is 0 Å². The molecule has 0 amide bonds. The van der Waals surface area contributed by atoms with Gasteiger partial charge in [-0.3, -0.25) is 0 Å². The predicted octanol–water partition coefficient (Wildman–Crippen LogP) is 13.4. The Bertz CT molecular complexity index is 3510. The average molecular weight is 706 g/mol. The number of benzene rings is 8. The molecule has 55 heavy (non-hydrogen) atoms. The molecule has 0 bridgehead atoms. The van der Waals surface area contributed by atoms with E-state index in [4.69, 9.17) is 28.2 Å². The predicted molar refractivity (Wildman–Crippen MR) is 221 cm³/mol. The van der Waals surface area contributed by atoms with Gasteiger partial charge in [0.15, 0.2) is 17.5 Å². The fourth-order valence-corrected chi connectivity index (χ4v) is 8.23. The Balaban J connectivity index is 1.10. The molecule has 0 saturated carbocycles. The summed E-state index contributed by atoms with van der Waals surface area (Å²) < 4.78 is 19.1. The second kappa shape index (κ2) is 11.5. The van der Waals surface area contributed by atoms with Gasteiger partial charge in [-0.05, 0) is 76.5 Å². The van der Waals surface area contributed by atoms with E-state index in [-0.39, 0.29) is 0 Å². The number of para-hydroxylation sites is 2. The van der Waals surface area contributed by atoms with Crippen LogP contribution >= 0.6 is 0 Å². The van der Waals surface area contributed by atoms with Crippen LogP contribution in [0.15, 0.2) is 177 Å². The Kier molecular flexibility index (Phi) is 6.24. The highest BCUT2D eigenvalue weighted by molar-refractivity contribution is 6.14. The molecule has 6 heteroatoms. The molecule has 0 aliphatic heterocycles. The fraction of sp³-hybridized carbons (Fsp3) is 0. The standard InChI is InChI=1S/C49H27N3O3/c1-2-12-31-28(10-1)11-7-15-32(31)29-22-24-35-44(27-29)55-43-21-9-17-37(46(35)43)49-51-47(30-23-25-41-38(26-30)33-13-3-5-18-39(33)53-41)50-48(52-49)36-16-8-20-42-45(36)34-14-4-6-19-40(34)54-42/h1-27H.